The maximum atomic E-state index is 13.7. The summed E-state index contributed by atoms with van der Waals surface area (Å²) in [6.45, 7) is 2.74. The van der Waals surface area contributed by atoms with Crippen LogP contribution in [0.25, 0.3) is 0 Å². The largest absolute Gasteiger partial charge is 0.396 e. The lowest BCUT2D eigenvalue weighted by atomic mass is 10.0. The van der Waals surface area contributed by atoms with Gasteiger partial charge in [0, 0.05) is 13.0 Å². The monoisotopic (exact) mass is 251 g/mol. The lowest BCUT2D eigenvalue weighted by Gasteiger charge is -2.38. The summed E-state index contributed by atoms with van der Waals surface area (Å²) < 4.78 is 32.6. The molecule has 1 amide bonds. The molecule has 1 aliphatic heterocycles. The van der Waals surface area contributed by atoms with Gasteiger partial charge in [-0.05, 0) is 20.3 Å². The highest BCUT2D eigenvalue weighted by molar-refractivity contribution is 5.76. The first-order chi connectivity index (χ1) is 7.86. The van der Waals surface area contributed by atoms with E-state index < -0.39 is 24.5 Å². The van der Waals surface area contributed by atoms with E-state index in [2.05, 4.69) is 0 Å². The zero-order valence-corrected chi connectivity index (χ0v) is 10.2. The van der Waals surface area contributed by atoms with Gasteiger partial charge in [-0.3, -0.25) is 4.79 Å². The van der Waals surface area contributed by atoms with Crippen molar-refractivity contribution in [2.45, 2.75) is 44.8 Å². The van der Waals surface area contributed by atoms with E-state index in [0.29, 0.717) is 0 Å². The number of ether oxygens (including phenoxy) is 1. The van der Waals surface area contributed by atoms with Gasteiger partial charge < -0.3 is 14.7 Å². The Labute approximate surface area is 99.5 Å². The Bertz CT molecular complexity index is 271. The van der Waals surface area contributed by atoms with Gasteiger partial charge in [-0.1, -0.05) is 0 Å². The summed E-state index contributed by atoms with van der Waals surface area (Å²) in [6, 6.07) is 0. The second kappa shape index (κ2) is 5.73. The highest BCUT2D eigenvalue weighted by Gasteiger charge is 2.46. The van der Waals surface area contributed by atoms with Gasteiger partial charge in [-0.2, -0.15) is 0 Å². The van der Waals surface area contributed by atoms with Crippen LogP contribution in [0.2, 0.25) is 0 Å². The molecule has 1 aliphatic rings. The number of carbonyl (C=O) groups excluding carboxylic acids is 1. The summed E-state index contributed by atoms with van der Waals surface area (Å²) in [4.78, 5) is 12.5. The number of amides is 1. The van der Waals surface area contributed by atoms with E-state index in [0.717, 1.165) is 4.90 Å². The second-order valence-electron chi connectivity index (χ2n) is 4.51. The number of hydrogen-bond donors (Lipinski definition) is 1. The van der Waals surface area contributed by atoms with Crippen molar-refractivity contribution in [1.82, 2.24) is 4.90 Å². The molecular weight excluding hydrogens is 232 g/mol. The van der Waals surface area contributed by atoms with Crippen LogP contribution in [0.1, 0.15) is 26.7 Å². The van der Waals surface area contributed by atoms with Crippen LogP contribution in [-0.2, 0) is 9.53 Å². The van der Waals surface area contributed by atoms with E-state index in [1.165, 1.54) is 0 Å². The molecule has 0 aromatic carbocycles. The van der Waals surface area contributed by atoms with E-state index in [9.17, 15) is 13.6 Å². The molecule has 1 heterocycles. The number of rotatable bonds is 4. The molecular formula is C11H19F2NO3. The third-order valence-corrected chi connectivity index (χ3v) is 2.65. The molecule has 1 N–H and O–H groups in total. The van der Waals surface area contributed by atoms with E-state index in [4.69, 9.17) is 9.84 Å². The van der Waals surface area contributed by atoms with Crippen LogP contribution >= 0.6 is 0 Å². The minimum atomic E-state index is -3.02. The number of nitrogens with zero attached hydrogens (tertiary/aromatic N) is 1. The summed E-state index contributed by atoms with van der Waals surface area (Å²) in [5.74, 6) is -3.46. The SMILES string of the molecule is CC(C)O[C@H]1CCN(C(=O)CCO)CC1(F)F. The summed E-state index contributed by atoms with van der Waals surface area (Å²) >= 11 is 0. The standard InChI is InChI=1S/C11H19F2NO3/c1-8(2)17-9-3-5-14(7-11(9,12)13)10(16)4-6-15/h8-9,15H,3-7H2,1-2H3/t9-/m0/s1. The molecule has 1 rings (SSSR count). The van der Waals surface area contributed by atoms with Crippen LogP contribution in [0.3, 0.4) is 0 Å². The third-order valence-electron chi connectivity index (χ3n) is 2.65. The Balaban J connectivity index is 2.58. The molecule has 6 heteroatoms. The van der Waals surface area contributed by atoms with E-state index in [1.807, 2.05) is 0 Å². The Morgan fingerprint density at radius 1 is 1.59 bits per heavy atom. The number of hydrogen-bond acceptors (Lipinski definition) is 3. The van der Waals surface area contributed by atoms with E-state index in [-0.39, 0.29) is 32.1 Å². The predicted molar refractivity (Wildman–Crippen MR) is 57.9 cm³/mol. The highest BCUT2D eigenvalue weighted by Crippen LogP contribution is 2.30. The molecule has 0 aromatic rings. The van der Waals surface area contributed by atoms with Crippen molar-refractivity contribution in [3.05, 3.63) is 0 Å². The number of carbonyl (C=O) groups is 1. The van der Waals surface area contributed by atoms with Crippen molar-refractivity contribution >= 4 is 5.91 Å². The fourth-order valence-corrected chi connectivity index (χ4v) is 1.88. The molecule has 1 atom stereocenters. The fraction of sp³-hybridized carbons (Fsp3) is 0.909. The van der Waals surface area contributed by atoms with Crippen LogP contribution in [0.4, 0.5) is 8.78 Å². The Morgan fingerprint density at radius 2 is 2.24 bits per heavy atom. The van der Waals surface area contributed by atoms with Crippen LogP contribution in [0.5, 0.6) is 0 Å². The number of likely N-dealkylation sites (tertiary alicyclic amines) is 1. The zero-order valence-electron chi connectivity index (χ0n) is 10.2. The van der Waals surface area contributed by atoms with Crippen molar-refractivity contribution in [2.75, 3.05) is 19.7 Å². The first kappa shape index (κ1) is 14.3. The molecule has 0 bridgehead atoms. The van der Waals surface area contributed by atoms with Gasteiger partial charge in [0.1, 0.15) is 6.10 Å². The average molecular weight is 251 g/mol. The summed E-state index contributed by atoms with van der Waals surface area (Å²) in [6.07, 6.45) is -1.36. The number of aliphatic hydroxyl groups excluding tert-OH is 1. The lowest BCUT2D eigenvalue weighted by Crippen LogP contribution is -2.54. The van der Waals surface area contributed by atoms with Crippen molar-refractivity contribution in [1.29, 1.82) is 0 Å². The molecule has 100 valence electrons. The van der Waals surface area contributed by atoms with Gasteiger partial charge in [0.25, 0.3) is 5.92 Å². The lowest BCUT2D eigenvalue weighted by molar-refractivity contribution is -0.189. The predicted octanol–water partition coefficient (Wildman–Crippen LogP) is 1.03. The molecule has 0 saturated carbocycles. The van der Waals surface area contributed by atoms with Crippen molar-refractivity contribution < 1.29 is 23.4 Å². The quantitative estimate of drug-likeness (QED) is 0.812. The number of alkyl halides is 2. The van der Waals surface area contributed by atoms with Crippen LogP contribution in [0.15, 0.2) is 0 Å². The maximum absolute atomic E-state index is 13.7. The van der Waals surface area contributed by atoms with Gasteiger partial charge in [0.2, 0.25) is 5.91 Å². The summed E-state index contributed by atoms with van der Waals surface area (Å²) in [7, 11) is 0. The summed E-state index contributed by atoms with van der Waals surface area (Å²) in [5.41, 5.74) is 0. The van der Waals surface area contributed by atoms with Gasteiger partial charge in [-0.15, -0.1) is 0 Å². The smallest absolute Gasteiger partial charge is 0.290 e. The van der Waals surface area contributed by atoms with Crippen LogP contribution < -0.4 is 0 Å². The highest BCUT2D eigenvalue weighted by atomic mass is 19.3. The molecule has 0 radical (unpaired) electrons. The Hall–Kier alpha value is -0.750. The van der Waals surface area contributed by atoms with Gasteiger partial charge in [-0.25, -0.2) is 8.78 Å². The minimum absolute atomic E-state index is 0.105. The van der Waals surface area contributed by atoms with E-state index in [1.54, 1.807) is 13.8 Å². The second-order valence-corrected chi connectivity index (χ2v) is 4.51. The van der Waals surface area contributed by atoms with Crippen molar-refractivity contribution in [3.8, 4) is 0 Å². The molecule has 0 spiro atoms. The molecule has 17 heavy (non-hydrogen) atoms. The summed E-state index contributed by atoms with van der Waals surface area (Å²) in [5, 5.41) is 8.61. The molecule has 0 unspecified atom stereocenters. The van der Waals surface area contributed by atoms with Crippen LogP contribution in [-0.4, -0.2) is 53.7 Å². The van der Waals surface area contributed by atoms with Gasteiger partial charge >= 0.3 is 0 Å². The topological polar surface area (TPSA) is 49.8 Å². The molecule has 4 nitrogen and oxygen atoms in total. The average Bonchev–Trinajstić information content (AvgIpc) is 2.20. The molecule has 1 saturated heterocycles. The molecule has 0 aromatic heterocycles. The van der Waals surface area contributed by atoms with Crippen molar-refractivity contribution in [2.24, 2.45) is 0 Å². The minimum Gasteiger partial charge on any atom is -0.396 e. The van der Waals surface area contributed by atoms with Crippen LogP contribution in [0, 0.1) is 0 Å². The maximum Gasteiger partial charge on any atom is 0.290 e. The number of piperidine rings is 1. The Morgan fingerprint density at radius 3 is 2.71 bits per heavy atom. The third kappa shape index (κ3) is 3.89. The fourth-order valence-electron chi connectivity index (χ4n) is 1.88. The number of aliphatic hydroxyl groups is 1. The zero-order chi connectivity index (χ0) is 13.1. The molecule has 1 fully saturated rings. The first-order valence-corrected chi connectivity index (χ1v) is 5.78. The van der Waals surface area contributed by atoms with Crippen molar-refractivity contribution in [3.63, 3.8) is 0 Å². The first-order valence-electron chi connectivity index (χ1n) is 5.78. The van der Waals surface area contributed by atoms with Gasteiger partial charge in [0.15, 0.2) is 0 Å². The molecule has 0 aliphatic carbocycles. The van der Waals surface area contributed by atoms with E-state index >= 15 is 0 Å². The number of halogens is 2. The Kier molecular flexibility index (Phi) is 4.82. The van der Waals surface area contributed by atoms with Gasteiger partial charge in [0.05, 0.1) is 19.3 Å². The normalized spacial score (nSPS) is 24.1.